The van der Waals surface area contributed by atoms with Crippen molar-refractivity contribution in [2.24, 2.45) is 0 Å². The maximum atomic E-state index is 8.63. The molecule has 0 spiro atoms. The number of phenols is 1. The Bertz CT molecular complexity index is 146. The summed E-state index contributed by atoms with van der Waals surface area (Å²) < 4.78 is 0. The van der Waals surface area contributed by atoms with E-state index in [1.807, 2.05) is 6.07 Å². The van der Waals surface area contributed by atoms with Crippen molar-refractivity contribution < 1.29 is 7.96 Å². The molecule has 1 nitrogen and oxygen atoms in total. The molecule has 0 saturated heterocycles. The molecule has 0 bridgehead atoms. The Kier molecular flexibility index (Phi) is 4.80. The van der Waals surface area contributed by atoms with Crippen molar-refractivity contribution in [3.8, 4) is 5.75 Å². The van der Waals surface area contributed by atoms with Crippen LogP contribution in [0, 0.1) is 0 Å². The third-order valence-electron chi connectivity index (χ3n) is 0.756. The third-order valence-corrected chi connectivity index (χ3v) is 0.756. The van der Waals surface area contributed by atoms with Crippen LogP contribution >= 0.6 is 0 Å². The zero-order chi connectivity index (χ0) is 5.11. The maximum Gasteiger partial charge on any atom is 2.00 e. The number of aromatic hydroxyl groups is 1. The standard InChI is InChI=1S/C6H6O.Ba.2H/c7-6-4-2-1-3-5-6;;;/h1-5,7H;;;/q;+2;2*-1. The Morgan fingerprint density at radius 2 is 1.62 bits per heavy atom. The molecule has 0 unspecified atom stereocenters. The second kappa shape index (κ2) is 4.47. The van der Waals surface area contributed by atoms with Gasteiger partial charge in [0.05, 0.1) is 0 Å². The molecule has 1 aromatic carbocycles. The molecule has 0 fully saturated rings. The predicted octanol–water partition coefficient (Wildman–Crippen LogP) is 1.24. The van der Waals surface area contributed by atoms with Crippen LogP contribution in [-0.4, -0.2) is 54.0 Å². The van der Waals surface area contributed by atoms with Gasteiger partial charge in [-0.05, 0) is 12.1 Å². The van der Waals surface area contributed by atoms with Crippen LogP contribution in [0.2, 0.25) is 0 Å². The summed E-state index contributed by atoms with van der Waals surface area (Å²) in [5.74, 6) is 0.322. The van der Waals surface area contributed by atoms with Crippen molar-refractivity contribution in [1.82, 2.24) is 0 Å². The van der Waals surface area contributed by atoms with Gasteiger partial charge in [-0.25, -0.2) is 0 Å². The van der Waals surface area contributed by atoms with Gasteiger partial charge in [-0.2, -0.15) is 0 Å². The molecule has 1 rings (SSSR count). The van der Waals surface area contributed by atoms with Crippen LogP contribution in [0.15, 0.2) is 30.3 Å². The van der Waals surface area contributed by atoms with Crippen LogP contribution < -0.4 is 0 Å². The number of benzene rings is 1. The Morgan fingerprint density at radius 3 is 1.88 bits per heavy atom. The van der Waals surface area contributed by atoms with E-state index in [0.717, 1.165) is 0 Å². The molecule has 0 radical (unpaired) electrons. The van der Waals surface area contributed by atoms with Crippen molar-refractivity contribution in [2.45, 2.75) is 0 Å². The first-order chi connectivity index (χ1) is 3.39. The van der Waals surface area contributed by atoms with Gasteiger partial charge in [-0.3, -0.25) is 0 Å². The second-order valence-corrected chi connectivity index (χ2v) is 1.34. The van der Waals surface area contributed by atoms with E-state index in [9.17, 15) is 0 Å². The van der Waals surface area contributed by atoms with Gasteiger partial charge in [-0.15, -0.1) is 0 Å². The van der Waals surface area contributed by atoms with E-state index in [-0.39, 0.29) is 51.7 Å². The molecule has 0 saturated carbocycles. The molecule has 0 atom stereocenters. The normalized spacial score (nSPS) is 7.50. The fraction of sp³-hybridized carbons (Fsp3) is 0. The molecule has 0 aliphatic heterocycles. The molecular weight excluding hydrogens is 225 g/mol. The van der Waals surface area contributed by atoms with Crippen molar-refractivity contribution in [1.29, 1.82) is 0 Å². The summed E-state index contributed by atoms with van der Waals surface area (Å²) in [6.07, 6.45) is 0. The van der Waals surface area contributed by atoms with E-state index in [4.69, 9.17) is 5.11 Å². The molecule has 40 valence electrons. The van der Waals surface area contributed by atoms with Crippen LogP contribution in [0.3, 0.4) is 0 Å². The van der Waals surface area contributed by atoms with E-state index in [2.05, 4.69) is 0 Å². The van der Waals surface area contributed by atoms with E-state index in [1.165, 1.54) is 0 Å². The maximum absolute atomic E-state index is 8.63. The first-order valence-electron chi connectivity index (χ1n) is 2.13. The van der Waals surface area contributed by atoms with Gasteiger partial charge in [0.1, 0.15) is 5.75 Å². The third kappa shape index (κ3) is 2.79. The fourth-order valence-corrected chi connectivity index (χ4v) is 0.428. The molecule has 0 aromatic heterocycles. The Balaban J connectivity index is -0.000000163. The minimum atomic E-state index is 0. The smallest absolute Gasteiger partial charge is 1.00 e. The van der Waals surface area contributed by atoms with E-state index in [0.29, 0.717) is 5.75 Å². The summed E-state index contributed by atoms with van der Waals surface area (Å²) in [6.45, 7) is 0. The van der Waals surface area contributed by atoms with Crippen LogP contribution in [0.1, 0.15) is 2.85 Å². The number of hydrogen-bond acceptors (Lipinski definition) is 1. The minimum Gasteiger partial charge on any atom is -1.00 e. The van der Waals surface area contributed by atoms with Crippen molar-refractivity contribution in [2.75, 3.05) is 0 Å². The topological polar surface area (TPSA) is 20.2 Å². The van der Waals surface area contributed by atoms with Crippen LogP contribution in [-0.2, 0) is 0 Å². The average molecular weight is 233 g/mol. The van der Waals surface area contributed by atoms with Crippen molar-refractivity contribution in [3.63, 3.8) is 0 Å². The monoisotopic (exact) mass is 234 g/mol. The van der Waals surface area contributed by atoms with Crippen molar-refractivity contribution in [3.05, 3.63) is 30.3 Å². The van der Waals surface area contributed by atoms with Gasteiger partial charge < -0.3 is 7.96 Å². The molecule has 0 amide bonds. The summed E-state index contributed by atoms with van der Waals surface area (Å²) >= 11 is 0. The van der Waals surface area contributed by atoms with Crippen molar-refractivity contribution >= 4 is 48.9 Å². The van der Waals surface area contributed by atoms with Gasteiger partial charge in [0.25, 0.3) is 0 Å². The summed E-state index contributed by atoms with van der Waals surface area (Å²) in [5.41, 5.74) is 0. The predicted molar refractivity (Wildman–Crippen MR) is 36.1 cm³/mol. The van der Waals surface area contributed by atoms with E-state index in [1.54, 1.807) is 24.3 Å². The van der Waals surface area contributed by atoms with Crippen LogP contribution in [0.25, 0.3) is 0 Å². The molecule has 0 aliphatic carbocycles. The quantitative estimate of drug-likeness (QED) is 0.669. The number of hydrogen-bond donors (Lipinski definition) is 1. The SMILES string of the molecule is Oc1ccccc1.[Ba+2].[H-].[H-]. The number of phenolic OH excluding ortho intramolecular Hbond substituents is 1. The Labute approximate surface area is 91.8 Å². The largest absolute Gasteiger partial charge is 2.00 e. The Morgan fingerprint density at radius 1 is 1.12 bits per heavy atom. The summed E-state index contributed by atoms with van der Waals surface area (Å²) in [7, 11) is 0. The van der Waals surface area contributed by atoms with Crippen LogP contribution in [0.5, 0.6) is 5.75 Å². The molecule has 0 heterocycles. The fourth-order valence-electron chi connectivity index (χ4n) is 0.428. The zero-order valence-corrected chi connectivity index (χ0v) is 8.98. The average Bonchev–Trinajstić information content (AvgIpc) is 1.69. The summed E-state index contributed by atoms with van der Waals surface area (Å²) in [5, 5.41) is 8.63. The minimum absolute atomic E-state index is 0. The van der Waals surface area contributed by atoms with E-state index >= 15 is 0 Å². The number of para-hydroxylation sites is 1. The molecule has 2 heteroatoms. The van der Waals surface area contributed by atoms with Gasteiger partial charge in [0.2, 0.25) is 0 Å². The van der Waals surface area contributed by atoms with Gasteiger partial charge in [-0.1, -0.05) is 18.2 Å². The number of rotatable bonds is 0. The molecule has 8 heavy (non-hydrogen) atoms. The molecule has 0 aliphatic rings. The first-order valence-corrected chi connectivity index (χ1v) is 2.13. The van der Waals surface area contributed by atoms with Crippen LogP contribution in [0.4, 0.5) is 0 Å². The summed E-state index contributed by atoms with van der Waals surface area (Å²) in [4.78, 5) is 0. The zero-order valence-electron chi connectivity index (χ0n) is 6.54. The van der Waals surface area contributed by atoms with Gasteiger partial charge >= 0.3 is 48.9 Å². The molecule has 1 aromatic rings. The molecular formula is C6H8BaO. The molecule has 1 N–H and O–H groups in total. The summed E-state index contributed by atoms with van der Waals surface area (Å²) in [6, 6.07) is 8.71. The van der Waals surface area contributed by atoms with E-state index < -0.39 is 0 Å². The second-order valence-electron chi connectivity index (χ2n) is 1.34. The van der Waals surface area contributed by atoms with Gasteiger partial charge in [0, 0.05) is 0 Å². The first kappa shape index (κ1) is 8.59. The van der Waals surface area contributed by atoms with Gasteiger partial charge in [0.15, 0.2) is 0 Å². The Hall–Kier alpha value is 0.591.